The third kappa shape index (κ3) is 3.75. The molecule has 2 rings (SSSR count). The van der Waals surface area contributed by atoms with Crippen molar-refractivity contribution in [2.24, 2.45) is 0 Å². The summed E-state index contributed by atoms with van der Waals surface area (Å²) in [5, 5.41) is 4.97. The zero-order valence-corrected chi connectivity index (χ0v) is 12.8. The summed E-state index contributed by atoms with van der Waals surface area (Å²) in [6, 6.07) is 3.51. The molecule has 0 aliphatic carbocycles. The van der Waals surface area contributed by atoms with E-state index in [0.717, 1.165) is 4.88 Å². The lowest BCUT2D eigenvalue weighted by atomic mass is 10.4. The smallest absolute Gasteiger partial charge is 0.265 e. The molecule has 0 atom stereocenters. The highest BCUT2D eigenvalue weighted by Gasteiger charge is 2.20. The van der Waals surface area contributed by atoms with E-state index in [4.69, 9.17) is 0 Å². The molecule has 0 aliphatic heterocycles. The Morgan fingerprint density at radius 1 is 1.30 bits per heavy atom. The predicted molar refractivity (Wildman–Crippen MR) is 79.1 cm³/mol. The average Bonchev–Trinajstić information content (AvgIpc) is 2.86. The van der Waals surface area contributed by atoms with Crippen molar-refractivity contribution in [1.29, 1.82) is 0 Å². The molecule has 8 heteroatoms. The number of hydrogen-bond donors (Lipinski definition) is 2. The normalized spacial score (nSPS) is 11.8. The van der Waals surface area contributed by atoms with Gasteiger partial charge < -0.3 is 5.32 Å². The Balaban J connectivity index is 2.20. The average molecular weight is 312 g/mol. The van der Waals surface area contributed by atoms with Crippen LogP contribution in [0.25, 0.3) is 0 Å². The number of aromatic nitrogens is 2. The molecule has 2 heterocycles. The van der Waals surface area contributed by atoms with Gasteiger partial charge in [0, 0.05) is 29.9 Å². The maximum absolute atomic E-state index is 12.3. The van der Waals surface area contributed by atoms with Crippen LogP contribution in [0, 0.1) is 0 Å². The quantitative estimate of drug-likeness (QED) is 0.850. The van der Waals surface area contributed by atoms with Gasteiger partial charge in [0.2, 0.25) is 5.95 Å². The second-order valence-corrected chi connectivity index (χ2v) is 7.07. The number of nitrogens with one attached hydrogen (secondary N) is 2. The summed E-state index contributed by atoms with van der Waals surface area (Å²) >= 11 is 1.41. The molecule has 0 aromatic carbocycles. The van der Waals surface area contributed by atoms with Crippen molar-refractivity contribution in [3.8, 4) is 0 Å². The Labute approximate surface area is 122 Å². The Morgan fingerprint density at radius 2 is 2.00 bits per heavy atom. The van der Waals surface area contributed by atoms with Crippen LogP contribution in [0.4, 0.5) is 5.95 Å². The number of rotatable bonds is 6. The lowest BCUT2D eigenvalue weighted by molar-refractivity contribution is 0.581. The summed E-state index contributed by atoms with van der Waals surface area (Å²) in [7, 11) is -3.65. The summed E-state index contributed by atoms with van der Waals surface area (Å²) in [6.45, 7) is 4.54. The molecule has 0 saturated carbocycles. The van der Waals surface area contributed by atoms with Crippen LogP contribution >= 0.6 is 11.3 Å². The molecule has 0 radical (unpaired) electrons. The molecule has 108 valence electrons. The van der Waals surface area contributed by atoms with Crippen molar-refractivity contribution in [1.82, 2.24) is 15.3 Å². The monoisotopic (exact) mass is 312 g/mol. The molecule has 0 spiro atoms. The molecule has 2 aromatic rings. The van der Waals surface area contributed by atoms with E-state index in [9.17, 15) is 8.42 Å². The van der Waals surface area contributed by atoms with E-state index in [1.54, 1.807) is 17.5 Å². The van der Waals surface area contributed by atoms with Gasteiger partial charge in [-0.25, -0.2) is 23.1 Å². The Kier molecular flexibility index (Phi) is 4.69. The molecule has 0 fully saturated rings. The van der Waals surface area contributed by atoms with E-state index in [1.165, 1.54) is 23.7 Å². The van der Waals surface area contributed by atoms with Gasteiger partial charge in [-0.3, -0.25) is 0 Å². The molecule has 0 bridgehead atoms. The maximum atomic E-state index is 12.3. The Bertz CT molecular complexity index is 653. The number of nitrogens with zero attached hydrogens (tertiary/aromatic N) is 2. The van der Waals surface area contributed by atoms with Crippen molar-refractivity contribution in [2.75, 3.05) is 4.72 Å². The third-order valence-corrected chi connectivity index (χ3v) is 4.92. The van der Waals surface area contributed by atoms with Gasteiger partial charge in [-0.2, -0.15) is 0 Å². The van der Waals surface area contributed by atoms with Gasteiger partial charge in [-0.05, 0) is 17.5 Å². The van der Waals surface area contributed by atoms with Crippen LogP contribution in [0.15, 0.2) is 34.8 Å². The summed E-state index contributed by atoms with van der Waals surface area (Å²) in [5.74, 6) is 0.0708. The van der Waals surface area contributed by atoms with Gasteiger partial charge in [0.25, 0.3) is 10.0 Å². The SMILES string of the molecule is CC(C)NCc1sccc1S(=O)(=O)Nc1ncccn1. The highest BCUT2D eigenvalue weighted by molar-refractivity contribution is 7.92. The largest absolute Gasteiger partial charge is 0.310 e. The predicted octanol–water partition coefficient (Wildman–Crippen LogP) is 1.84. The van der Waals surface area contributed by atoms with Crippen molar-refractivity contribution >= 4 is 27.3 Å². The molecule has 0 unspecified atom stereocenters. The molecular weight excluding hydrogens is 296 g/mol. The van der Waals surface area contributed by atoms with Crippen molar-refractivity contribution < 1.29 is 8.42 Å². The van der Waals surface area contributed by atoms with E-state index in [1.807, 2.05) is 13.8 Å². The van der Waals surface area contributed by atoms with Gasteiger partial charge in [0.05, 0.1) is 0 Å². The highest BCUT2D eigenvalue weighted by atomic mass is 32.2. The maximum Gasteiger partial charge on any atom is 0.265 e. The Hall–Kier alpha value is -1.51. The van der Waals surface area contributed by atoms with Crippen molar-refractivity contribution in [2.45, 2.75) is 31.3 Å². The topological polar surface area (TPSA) is 84.0 Å². The molecule has 6 nitrogen and oxygen atoms in total. The molecule has 0 amide bonds. The zero-order chi connectivity index (χ0) is 14.6. The molecule has 0 aliphatic rings. The van der Waals surface area contributed by atoms with Crippen LogP contribution < -0.4 is 10.0 Å². The number of sulfonamides is 1. The van der Waals surface area contributed by atoms with E-state index in [-0.39, 0.29) is 16.9 Å². The fraction of sp³-hybridized carbons (Fsp3) is 0.333. The molecular formula is C12H16N4O2S2. The van der Waals surface area contributed by atoms with E-state index < -0.39 is 10.0 Å². The van der Waals surface area contributed by atoms with Gasteiger partial charge >= 0.3 is 0 Å². The first-order valence-corrected chi connectivity index (χ1v) is 8.45. The minimum Gasteiger partial charge on any atom is -0.310 e. The van der Waals surface area contributed by atoms with E-state index >= 15 is 0 Å². The first-order chi connectivity index (χ1) is 9.49. The summed E-state index contributed by atoms with van der Waals surface area (Å²) in [6.07, 6.45) is 2.97. The standard InChI is InChI=1S/C12H16N4O2S2/c1-9(2)15-8-10-11(4-7-19-10)20(17,18)16-12-13-5-3-6-14-12/h3-7,9,15H,8H2,1-2H3,(H,13,14,16). The zero-order valence-electron chi connectivity index (χ0n) is 11.2. The lowest BCUT2D eigenvalue weighted by Crippen LogP contribution is -2.23. The van der Waals surface area contributed by atoms with Gasteiger partial charge in [-0.15, -0.1) is 11.3 Å². The first-order valence-electron chi connectivity index (χ1n) is 6.08. The summed E-state index contributed by atoms with van der Waals surface area (Å²) in [5.41, 5.74) is 0. The summed E-state index contributed by atoms with van der Waals surface area (Å²) in [4.78, 5) is 8.76. The fourth-order valence-electron chi connectivity index (χ4n) is 1.52. The molecule has 2 aromatic heterocycles. The van der Waals surface area contributed by atoms with Crippen LogP contribution in [0.1, 0.15) is 18.7 Å². The van der Waals surface area contributed by atoms with E-state index in [0.29, 0.717) is 6.54 Å². The molecule has 2 N–H and O–H groups in total. The van der Waals surface area contributed by atoms with Crippen LogP contribution in [0.5, 0.6) is 0 Å². The fourth-order valence-corrected chi connectivity index (χ4v) is 3.87. The van der Waals surface area contributed by atoms with Gasteiger partial charge in [-0.1, -0.05) is 13.8 Å². The number of anilines is 1. The van der Waals surface area contributed by atoms with E-state index in [2.05, 4.69) is 20.0 Å². The van der Waals surface area contributed by atoms with Crippen molar-refractivity contribution in [3.05, 3.63) is 34.8 Å². The highest BCUT2D eigenvalue weighted by Crippen LogP contribution is 2.23. The van der Waals surface area contributed by atoms with Crippen LogP contribution in [-0.4, -0.2) is 24.4 Å². The van der Waals surface area contributed by atoms with Gasteiger partial charge in [0.15, 0.2) is 0 Å². The minimum absolute atomic E-state index is 0.0708. The summed E-state index contributed by atoms with van der Waals surface area (Å²) < 4.78 is 27.0. The second-order valence-electron chi connectivity index (χ2n) is 4.42. The minimum atomic E-state index is -3.65. The van der Waals surface area contributed by atoms with Crippen LogP contribution in [0.3, 0.4) is 0 Å². The lowest BCUT2D eigenvalue weighted by Gasteiger charge is -2.10. The molecule has 0 saturated heterocycles. The van der Waals surface area contributed by atoms with Crippen molar-refractivity contribution in [3.63, 3.8) is 0 Å². The Morgan fingerprint density at radius 3 is 2.65 bits per heavy atom. The number of thiophene rings is 1. The molecule has 20 heavy (non-hydrogen) atoms. The first kappa shape index (κ1) is 14.9. The second kappa shape index (κ2) is 6.29. The van der Waals surface area contributed by atoms with Crippen LogP contribution in [0.2, 0.25) is 0 Å². The van der Waals surface area contributed by atoms with Gasteiger partial charge in [0.1, 0.15) is 4.90 Å². The van der Waals surface area contributed by atoms with Crippen LogP contribution in [-0.2, 0) is 16.6 Å². The number of hydrogen-bond acceptors (Lipinski definition) is 6. The third-order valence-electron chi connectivity index (χ3n) is 2.46.